The van der Waals surface area contributed by atoms with Crippen LogP contribution in [0, 0.1) is 5.92 Å². The Morgan fingerprint density at radius 1 is 1.42 bits per heavy atom. The van der Waals surface area contributed by atoms with Gasteiger partial charge in [0.1, 0.15) is 5.92 Å². The fourth-order valence-electron chi connectivity index (χ4n) is 2.51. The predicted molar refractivity (Wildman–Crippen MR) is 74.1 cm³/mol. The molecule has 1 heterocycles. The van der Waals surface area contributed by atoms with E-state index in [0.717, 1.165) is 25.9 Å². The molecule has 19 heavy (non-hydrogen) atoms. The van der Waals surface area contributed by atoms with Crippen LogP contribution >= 0.6 is 12.2 Å². The van der Waals surface area contributed by atoms with Gasteiger partial charge < -0.3 is 10.6 Å². The highest BCUT2D eigenvalue weighted by atomic mass is 32.1. The SMILES string of the molecule is CCC1CN(C)CCCN1CC(C(N)=S)C(F)(F)F. The van der Waals surface area contributed by atoms with E-state index < -0.39 is 17.1 Å². The number of thiocarbonyl (C=S) groups is 1. The van der Waals surface area contributed by atoms with E-state index in [-0.39, 0.29) is 12.6 Å². The quantitative estimate of drug-likeness (QED) is 0.803. The van der Waals surface area contributed by atoms with Gasteiger partial charge in [-0.15, -0.1) is 0 Å². The summed E-state index contributed by atoms with van der Waals surface area (Å²) in [4.78, 5) is 3.60. The van der Waals surface area contributed by atoms with Crippen molar-refractivity contribution in [1.82, 2.24) is 9.80 Å². The molecule has 112 valence electrons. The monoisotopic (exact) mass is 297 g/mol. The summed E-state index contributed by atoms with van der Waals surface area (Å²) in [5.41, 5.74) is 5.27. The number of nitrogens with two attached hydrogens (primary N) is 1. The Morgan fingerprint density at radius 3 is 2.53 bits per heavy atom. The summed E-state index contributed by atoms with van der Waals surface area (Å²) in [5, 5.41) is 0. The number of rotatable bonds is 4. The van der Waals surface area contributed by atoms with Crippen LogP contribution in [0.3, 0.4) is 0 Å². The predicted octanol–water partition coefficient (Wildman–Crippen LogP) is 1.87. The zero-order valence-corrected chi connectivity index (χ0v) is 12.2. The summed E-state index contributed by atoms with van der Waals surface area (Å²) in [5.74, 6) is -1.71. The minimum Gasteiger partial charge on any atom is -0.393 e. The maximum absolute atomic E-state index is 12.9. The molecule has 0 aromatic heterocycles. The summed E-state index contributed by atoms with van der Waals surface area (Å²) < 4.78 is 38.8. The molecule has 1 saturated heterocycles. The Hall–Kier alpha value is -0.400. The average Bonchev–Trinajstić information content (AvgIpc) is 2.45. The molecule has 2 atom stereocenters. The zero-order valence-electron chi connectivity index (χ0n) is 11.4. The van der Waals surface area contributed by atoms with E-state index in [9.17, 15) is 13.2 Å². The van der Waals surface area contributed by atoms with E-state index >= 15 is 0 Å². The van der Waals surface area contributed by atoms with Crippen molar-refractivity contribution in [2.45, 2.75) is 32.0 Å². The molecule has 0 saturated carbocycles. The molecule has 1 rings (SSSR count). The lowest BCUT2D eigenvalue weighted by atomic mass is 10.1. The maximum atomic E-state index is 12.9. The molecule has 1 aliphatic heterocycles. The summed E-state index contributed by atoms with van der Waals surface area (Å²) in [6.07, 6.45) is -2.66. The minimum atomic E-state index is -4.36. The molecule has 2 N–H and O–H groups in total. The van der Waals surface area contributed by atoms with Gasteiger partial charge in [0, 0.05) is 19.1 Å². The number of hydrogen-bond acceptors (Lipinski definition) is 3. The van der Waals surface area contributed by atoms with Crippen LogP contribution in [-0.4, -0.2) is 60.2 Å². The molecule has 0 aliphatic carbocycles. The molecule has 0 aromatic carbocycles. The summed E-state index contributed by atoms with van der Waals surface area (Å²) in [6, 6.07) is 0.131. The van der Waals surface area contributed by atoms with Crippen molar-refractivity contribution < 1.29 is 13.2 Å². The lowest BCUT2D eigenvalue weighted by Gasteiger charge is -2.33. The smallest absolute Gasteiger partial charge is 0.393 e. The Morgan fingerprint density at radius 2 is 2.05 bits per heavy atom. The van der Waals surface area contributed by atoms with E-state index in [0.29, 0.717) is 6.54 Å². The first-order valence-corrected chi connectivity index (χ1v) is 6.95. The third-order valence-electron chi connectivity index (χ3n) is 3.65. The van der Waals surface area contributed by atoms with Crippen molar-refractivity contribution in [2.24, 2.45) is 11.7 Å². The Balaban J connectivity index is 2.78. The van der Waals surface area contributed by atoms with E-state index in [2.05, 4.69) is 17.1 Å². The van der Waals surface area contributed by atoms with Gasteiger partial charge in [-0.1, -0.05) is 19.1 Å². The standard InChI is InChI=1S/C12H22F3N3S/c1-3-9-7-17(2)5-4-6-18(9)8-10(11(16)19)12(13,14)15/h9-10H,3-8H2,1-2H3,(H2,16,19). The van der Waals surface area contributed by atoms with Gasteiger partial charge in [0.05, 0.1) is 4.99 Å². The number of hydrogen-bond donors (Lipinski definition) is 1. The van der Waals surface area contributed by atoms with Crippen molar-refractivity contribution in [3.8, 4) is 0 Å². The van der Waals surface area contributed by atoms with Crippen LogP contribution in [0.15, 0.2) is 0 Å². The van der Waals surface area contributed by atoms with Gasteiger partial charge in [-0.3, -0.25) is 4.90 Å². The van der Waals surface area contributed by atoms with Crippen molar-refractivity contribution in [3.05, 3.63) is 0 Å². The molecule has 2 unspecified atom stereocenters. The molecule has 3 nitrogen and oxygen atoms in total. The third kappa shape index (κ3) is 4.89. The largest absolute Gasteiger partial charge is 0.399 e. The molecule has 7 heteroatoms. The van der Waals surface area contributed by atoms with Crippen LogP contribution in [0.25, 0.3) is 0 Å². The molecular weight excluding hydrogens is 275 g/mol. The van der Waals surface area contributed by atoms with Crippen LogP contribution in [0.2, 0.25) is 0 Å². The molecule has 0 spiro atoms. The average molecular weight is 297 g/mol. The first-order valence-electron chi connectivity index (χ1n) is 6.54. The van der Waals surface area contributed by atoms with E-state index in [1.54, 1.807) is 0 Å². The summed E-state index contributed by atoms with van der Waals surface area (Å²) >= 11 is 4.59. The van der Waals surface area contributed by atoms with Crippen LogP contribution < -0.4 is 5.73 Å². The van der Waals surface area contributed by atoms with E-state index in [1.165, 1.54) is 0 Å². The van der Waals surface area contributed by atoms with Gasteiger partial charge in [0.15, 0.2) is 0 Å². The highest BCUT2D eigenvalue weighted by Gasteiger charge is 2.43. The third-order valence-corrected chi connectivity index (χ3v) is 3.94. The topological polar surface area (TPSA) is 32.5 Å². The lowest BCUT2D eigenvalue weighted by Crippen LogP contribution is -2.48. The molecule has 1 fully saturated rings. The second-order valence-corrected chi connectivity index (χ2v) is 5.64. The van der Waals surface area contributed by atoms with Gasteiger partial charge in [0.25, 0.3) is 0 Å². The van der Waals surface area contributed by atoms with Crippen LogP contribution in [0.1, 0.15) is 19.8 Å². The van der Waals surface area contributed by atoms with Crippen LogP contribution in [0.5, 0.6) is 0 Å². The summed E-state index contributed by atoms with van der Waals surface area (Å²) in [7, 11) is 2.00. The fourth-order valence-corrected chi connectivity index (χ4v) is 2.72. The Bertz CT molecular complexity index is 309. The van der Waals surface area contributed by atoms with Gasteiger partial charge in [-0.25, -0.2) is 0 Å². The van der Waals surface area contributed by atoms with Gasteiger partial charge >= 0.3 is 6.18 Å². The number of alkyl halides is 3. The van der Waals surface area contributed by atoms with Crippen LogP contribution in [-0.2, 0) is 0 Å². The number of likely N-dealkylation sites (N-methyl/N-ethyl adjacent to an activating group) is 1. The van der Waals surface area contributed by atoms with Gasteiger partial charge in [0.2, 0.25) is 0 Å². The lowest BCUT2D eigenvalue weighted by molar-refractivity contribution is -0.160. The first-order chi connectivity index (χ1) is 8.75. The van der Waals surface area contributed by atoms with Crippen molar-refractivity contribution in [1.29, 1.82) is 0 Å². The highest BCUT2D eigenvalue weighted by molar-refractivity contribution is 7.80. The number of halogens is 3. The minimum absolute atomic E-state index is 0.120. The molecular formula is C12H22F3N3S. The summed E-state index contributed by atoms with van der Waals surface area (Å²) in [6.45, 7) is 4.25. The second kappa shape index (κ2) is 6.85. The maximum Gasteiger partial charge on any atom is 0.399 e. The number of nitrogens with zero attached hydrogens (tertiary/aromatic N) is 2. The molecule has 1 aliphatic rings. The zero-order chi connectivity index (χ0) is 14.6. The molecule has 0 radical (unpaired) electrons. The Kier molecular flexibility index (Phi) is 6.01. The van der Waals surface area contributed by atoms with Gasteiger partial charge in [-0.05, 0) is 33.0 Å². The van der Waals surface area contributed by atoms with Crippen LogP contribution in [0.4, 0.5) is 13.2 Å². The molecule has 0 aromatic rings. The second-order valence-electron chi connectivity index (χ2n) is 5.17. The van der Waals surface area contributed by atoms with Crippen molar-refractivity contribution >= 4 is 17.2 Å². The van der Waals surface area contributed by atoms with Crippen molar-refractivity contribution in [2.75, 3.05) is 33.2 Å². The highest BCUT2D eigenvalue weighted by Crippen LogP contribution is 2.28. The fraction of sp³-hybridized carbons (Fsp3) is 0.917. The normalized spacial score (nSPS) is 25.0. The van der Waals surface area contributed by atoms with Gasteiger partial charge in [-0.2, -0.15) is 13.2 Å². The van der Waals surface area contributed by atoms with E-state index in [1.807, 2.05) is 18.9 Å². The van der Waals surface area contributed by atoms with Crippen molar-refractivity contribution in [3.63, 3.8) is 0 Å². The molecule has 0 bridgehead atoms. The first kappa shape index (κ1) is 16.7. The Labute approximate surface area is 117 Å². The van der Waals surface area contributed by atoms with E-state index in [4.69, 9.17) is 5.73 Å². The molecule has 0 amide bonds.